The monoisotopic (exact) mass is 255 g/mol. The minimum absolute atomic E-state index is 0.0894. The van der Waals surface area contributed by atoms with Gasteiger partial charge in [-0.2, -0.15) is 0 Å². The fourth-order valence-corrected chi connectivity index (χ4v) is 3.55. The van der Waals surface area contributed by atoms with Crippen molar-refractivity contribution in [2.75, 3.05) is 12.3 Å². The Morgan fingerprint density at radius 1 is 1.35 bits per heavy atom. The number of aliphatic hydroxyl groups excluding tert-OH is 1. The van der Waals surface area contributed by atoms with Gasteiger partial charge < -0.3 is 10.4 Å². The molecule has 2 atom stereocenters. The van der Waals surface area contributed by atoms with E-state index in [4.69, 9.17) is 0 Å². The van der Waals surface area contributed by atoms with Crippen molar-refractivity contribution in [1.82, 2.24) is 5.32 Å². The molecular weight excluding hydrogens is 238 g/mol. The predicted molar refractivity (Wildman–Crippen MR) is 65.5 cm³/mol. The van der Waals surface area contributed by atoms with Gasteiger partial charge >= 0.3 is 0 Å². The molecule has 1 aromatic rings. The maximum atomic E-state index is 12.0. The minimum atomic E-state index is -3.39. The van der Waals surface area contributed by atoms with Crippen LogP contribution in [0, 0.1) is 0 Å². The van der Waals surface area contributed by atoms with E-state index < -0.39 is 15.9 Å². The zero-order chi connectivity index (χ0) is 12.3. The van der Waals surface area contributed by atoms with Crippen molar-refractivity contribution in [3.8, 4) is 0 Å². The zero-order valence-corrected chi connectivity index (χ0v) is 10.4. The highest BCUT2D eigenvalue weighted by atomic mass is 32.2. The van der Waals surface area contributed by atoms with E-state index in [1.54, 1.807) is 30.3 Å². The summed E-state index contributed by atoms with van der Waals surface area (Å²) in [6.07, 6.45) is 1.00. The topological polar surface area (TPSA) is 66.4 Å². The van der Waals surface area contributed by atoms with Crippen molar-refractivity contribution in [1.29, 1.82) is 0 Å². The Morgan fingerprint density at radius 3 is 2.65 bits per heavy atom. The van der Waals surface area contributed by atoms with Crippen LogP contribution < -0.4 is 5.32 Å². The third-order valence-corrected chi connectivity index (χ3v) is 4.83. The lowest BCUT2D eigenvalue weighted by atomic mass is 10.1. The molecule has 17 heavy (non-hydrogen) atoms. The SMILES string of the molecule is O=S(=O)(C[C@H](O)[C@@H]1CCCN1)c1ccccc1. The van der Waals surface area contributed by atoms with Crippen LogP contribution in [-0.2, 0) is 9.84 Å². The van der Waals surface area contributed by atoms with Gasteiger partial charge in [0, 0.05) is 6.04 Å². The molecule has 0 radical (unpaired) electrons. The lowest BCUT2D eigenvalue weighted by Crippen LogP contribution is -2.39. The number of benzene rings is 1. The Balaban J connectivity index is 2.07. The normalized spacial score (nSPS) is 22.5. The van der Waals surface area contributed by atoms with Gasteiger partial charge in [-0.25, -0.2) is 8.42 Å². The Hall–Kier alpha value is -0.910. The van der Waals surface area contributed by atoms with E-state index in [0.717, 1.165) is 19.4 Å². The summed E-state index contributed by atoms with van der Waals surface area (Å²) in [6, 6.07) is 8.18. The van der Waals surface area contributed by atoms with E-state index in [1.807, 2.05) is 0 Å². The molecule has 2 N–H and O–H groups in total. The molecule has 4 nitrogen and oxygen atoms in total. The molecule has 0 unspecified atom stereocenters. The first-order chi connectivity index (χ1) is 8.09. The standard InChI is InChI=1S/C12H17NO3S/c14-12(11-7-4-8-13-11)9-17(15,16)10-5-2-1-3-6-10/h1-3,5-6,11-14H,4,7-9H2/t11-,12-/m0/s1. The smallest absolute Gasteiger partial charge is 0.180 e. The number of aliphatic hydroxyl groups is 1. The van der Waals surface area contributed by atoms with Crippen LogP contribution >= 0.6 is 0 Å². The highest BCUT2D eigenvalue weighted by molar-refractivity contribution is 7.91. The first kappa shape index (κ1) is 12.5. The quantitative estimate of drug-likeness (QED) is 0.825. The van der Waals surface area contributed by atoms with Gasteiger partial charge in [-0.05, 0) is 31.5 Å². The molecule has 1 aliphatic rings. The lowest BCUT2D eigenvalue weighted by molar-refractivity contribution is 0.157. The van der Waals surface area contributed by atoms with Crippen LogP contribution in [0.2, 0.25) is 0 Å². The van der Waals surface area contributed by atoms with Crippen molar-refractivity contribution in [3.05, 3.63) is 30.3 Å². The van der Waals surface area contributed by atoms with Gasteiger partial charge in [0.2, 0.25) is 0 Å². The van der Waals surface area contributed by atoms with Crippen LogP contribution in [0.1, 0.15) is 12.8 Å². The predicted octanol–water partition coefficient (Wildman–Crippen LogP) is 0.573. The van der Waals surface area contributed by atoms with Gasteiger partial charge in [0.1, 0.15) is 0 Å². The summed E-state index contributed by atoms with van der Waals surface area (Å²) < 4.78 is 24.0. The van der Waals surface area contributed by atoms with E-state index >= 15 is 0 Å². The summed E-state index contributed by atoms with van der Waals surface area (Å²) in [7, 11) is -3.39. The molecule has 0 saturated carbocycles. The van der Waals surface area contributed by atoms with Crippen molar-refractivity contribution in [2.24, 2.45) is 0 Å². The molecule has 5 heteroatoms. The average Bonchev–Trinajstić information content (AvgIpc) is 2.83. The van der Waals surface area contributed by atoms with Crippen molar-refractivity contribution in [3.63, 3.8) is 0 Å². The highest BCUT2D eigenvalue weighted by Gasteiger charge is 2.28. The number of nitrogens with one attached hydrogen (secondary N) is 1. The van der Waals surface area contributed by atoms with Crippen LogP contribution in [0.25, 0.3) is 0 Å². The Kier molecular flexibility index (Phi) is 3.81. The summed E-state index contributed by atoms with van der Waals surface area (Å²) in [5.41, 5.74) is 0. The molecule has 1 heterocycles. The van der Waals surface area contributed by atoms with Crippen LogP contribution in [-0.4, -0.2) is 38.0 Å². The summed E-state index contributed by atoms with van der Waals surface area (Å²) in [4.78, 5) is 0.275. The van der Waals surface area contributed by atoms with Crippen molar-refractivity contribution in [2.45, 2.75) is 29.9 Å². The highest BCUT2D eigenvalue weighted by Crippen LogP contribution is 2.16. The largest absolute Gasteiger partial charge is 0.390 e. The first-order valence-electron chi connectivity index (χ1n) is 5.79. The molecule has 0 amide bonds. The van der Waals surface area contributed by atoms with Crippen LogP contribution in [0.15, 0.2) is 35.2 Å². The average molecular weight is 255 g/mol. The number of hydrogen-bond donors (Lipinski definition) is 2. The molecule has 94 valence electrons. The summed E-state index contributed by atoms with van der Waals surface area (Å²) in [6.45, 7) is 0.854. The van der Waals surface area contributed by atoms with E-state index in [0.29, 0.717) is 0 Å². The minimum Gasteiger partial charge on any atom is -0.390 e. The van der Waals surface area contributed by atoms with Crippen LogP contribution in [0.5, 0.6) is 0 Å². The second kappa shape index (κ2) is 5.16. The summed E-state index contributed by atoms with van der Waals surface area (Å²) in [5.74, 6) is -0.214. The molecule has 1 saturated heterocycles. The van der Waals surface area contributed by atoms with E-state index in [-0.39, 0.29) is 16.7 Å². The lowest BCUT2D eigenvalue weighted by Gasteiger charge is -2.18. The van der Waals surface area contributed by atoms with E-state index in [2.05, 4.69) is 5.32 Å². The van der Waals surface area contributed by atoms with Gasteiger partial charge in [0.15, 0.2) is 9.84 Å². The second-order valence-electron chi connectivity index (χ2n) is 4.36. The Bertz CT molecular complexity index is 452. The molecule has 0 aromatic heterocycles. The number of rotatable bonds is 4. The van der Waals surface area contributed by atoms with E-state index in [1.165, 1.54) is 0 Å². The molecule has 0 aliphatic carbocycles. The van der Waals surface area contributed by atoms with Gasteiger partial charge in [0.25, 0.3) is 0 Å². The molecule has 1 aromatic carbocycles. The van der Waals surface area contributed by atoms with Crippen LogP contribution in [0.3, 0.4) is 0 Å². The molecule has 0 spiro atoms. The molecule has 1 aliphatic heterocycles. The second-order valence-corrected chi connectivity index (χ2v) is 6.40. The molecule has 1 fully saturated rings. The zero-order valence-electron chi connectivity index (χ0n) is 9.54. The van der Waals surface area contributed by atoms with E-state index in [9.17, 15) is 13.5 Å². The maximum Gasteiger partial charge on any atom is 0.180 e. The Morgan fingerprint density at radius 2 is 2.06 bits per heavy atom. The molecule has 0 bridgehead atoms. The van der Waals surface area contributed by atoms with Gasteiger partial charge in [-0.3, -0.25) is 0 Å². The summed E-state index contributed by atoms with van der Waals surface area (Å²) in [5, 5.41) is 13.0. The van der Waals surface area contributed by atoms with Gasteiger partial charge in [0.05, 0.1) is 16.8 Å². The fraction of sp³-hybridized carbons (Fsp3) is 0.500. The fourth-order valence-electron chi connectivity index (χ4n) is 2.10. The Labute approximate surface area is 102 Å². The van der Waals surface area contributed by atoms with Gasteiger partial charge in [-0.1, -0.05) is 18.2 Å². The third kappa shape index (κ3) is 3.06. The van der Waals surface area contributed by atoms with Crippen molar-refractivity contribution >= 4 is 9.84 Å². The first-order valence-corrected chi connectivity index (χ1v) is 7.44. The summed E-state index contributed by atoms with van der Waals surface area (Å²) >= 11 is 0. The molecular formula is C12H17NO3S. The molecule has 2 rings (SSSR count). The van der Waals surface area contributed by atoms with Crippen LogP contribution in [0.4, 0.5) is 0 Å². The number of sulfone groups is 1. The van der Waals surface area contributed by atoms with Crippen molar-refractivity contribution < 1.29 is 13.5 Å². The maximum absolute atomic E-state index is 12.0. The van der Waals surface area contributed by atoms with Gasteiger partial charge in [-0.15, -0.1) is 0 Å². The third-order valence-electron chi connectivity index (χ3n) is 3.06. The number of hydrogen-bond acceptors (Lipinski definition) is 4.